The van der Waals surface area contributed by atoms with E-state index in [4.69, 9.17) is 11.6 Å². The van der Waals surface area contributed by atoms with E-state index in [2.05, 4.69) is 10.3 Å². The molecule has 3 rings (SSSR count). The van der Waals surface area contributed by atoms with Crippen LogP contribution < -0.4 is 5.32 Å². The number of nitrogens with one attached hydrogen (secondary N) is 1. The summed E-state index contributed by atoms with van der Waals surface area (Å²) in [6.45, 7) is 1.81. The van der Waals surface area contributed by atoms with Crippen molar-refractivity contribution in [2.75, 3.05) is 5.32 Å². The number of thiophene rings is 1. The maximum atomic E-state index is 12.9. The van der Waals surface area contributed by atoms with E-state index in [-0.39, 0.29) is 16.5 Å². The zero-order chi connectivity index (χ0) is 18.9. The summed E-state index contributed by atoms with van der Waals surface area (Å²) in [5, 5.41) is 2.95. The molecule has 0 bridgehead atoms. The van der Waals surface area contributed by atoms with Gasteiger partial charge in [-0.2, -0.15) is 13.2 Å². The first-order chi connectivity index (χ1) is 12.3. The van der Waals surface area contributed by atoms with Gasteiger partial charge in [-0.25, -0.2) is 0 Å². The van der Waals surface area contributed by atoms with Gasteiger partial charge < -0.3 is 5.32 Å². The fourth-order valence-corrected chi connectivity index (χ4v) is 3.50. The van der Waals surface area contributed by atoms with Gasteiger partial charge >= 0.3 is 6.18 Å². The Morgan fingerprint density at radius 3 is 2.65 bits per heavy atom. The second-order valence-electron chi connectivity index (χ2n) is 5.50. The molecule has 2 heterocycles. The highest BCUT2D eigenvalue weighted by molar-refractivity contribution is 7.17. The normalized spacial score (nSPS) is 11.4. The molecule has 0 aliphatic carbocycles. The third-order valence-electron chi connectivity index (χ3n) is 3.66. The first-order valence-electron chi connectivity index (χ1n) is 7.44. The van der Waals surface area contributed by atoms with Gasteiger partial charge in [0.15, 0.2) is 0 Å². The number of rotatable bonds is 3. The van der Waals surface area contributed by atoms with E-state index in [9.17, 15) is 18.0 Å². The SMILES string of the molecule is Cc1cnccc1NC(=O)c1ccc(-c2cc(C(F)(F)F)ccc2Cl)s1. The summed E-state index contributed by atoms with van der Waals surface area (Å²) in [6.07, 6.45) is -1.28. The Morgan fingerprint density at radius 1 is 1.19 bits per heavy atom. The first-order valence-corrected chi connectivity index (χ1v) is 8.64. The lowest BCUT2D eigenvalue weighted by Crippen LogP contribution is -2.11. The number of benzene rings is 1. The lowest BCUT2D eigenvalue weighted by molar-refractivity contribution is -0.137. The number of anilines is 1. The summed E-state index contributed by atoms with van der Waals surface area (Å²) >= 11 is 7.13. The van der Waals surface area contributed by atoms with Crippen LogP contribution in [0.15, 0.2) is 48.8 Å². The predicted molar refractivity (Wildman–Crippen MR) is 96.7 cm³/mol. The smallest absolute Gasteiger partial charge is 0.321 e. The monoisotopic (exact) mass is 396 g/mol. The third kappa shape index (κ3) is 3.89. The molecule has 0 spiro atoms. The molecule has 3 aromatic rings. The van der Waals surface area contributed by atoms with Gasteiger partial charge in [0.25, 0.3) is 5.91 Å². The van der Waals surface area contributed by atoms with Crippen LogP contribution in [-0.2, 0) is 6.18 Å². The minimum Gasteiger partial charge on any atom is -0.321 e. The Morgan fingerprint density at radius 2 is 1.96 bits per heavy atom. The van der Waals surface area contributed by atoms with Gasteiger partial charge in [0.2, 0.25) is 0 Å². The number of aryl methyl sites for hydroxylation is 1. The number of amides is 1. The van der Waals surface area contributed by atoms with E-state index in [1.165, 1.54) is 6.07 Å². The van der Waals surface area contributed by atoms with Crippen molar-refractivity contribution in [1.82, 2.24) is 4.98 Å². The molecular formula is C18H12ClF3N2OS. The molecule has 1 aromatic carbocycles. The molecule has 134 valence electrons. The van der Waals surface area contributed by atoms with Gasteiger partial charge in [-0.1, -0.05) is 11.6 Å². The molecule has 26 heavy (non-hydrogen) atoms. The maximum absolute atomic E-state index is 12.9. The molecular weight excluding hydrogens is 385 g/mol. The van der Waals surface area contributed by atoms with E-state index in [0.29, 0.717) is 15.4 Å². The molecule has 3 nitrogen and oxygen atoms in total. The number of carbonyl (C=O) groups excluding carboxylic acids is 1. The minimum absolute atomic E-state index is 0.191. The van der Waals surface area contributed by atoms with Crippen molar-refractivity contribution in [3.8, 4) is 10.4 Å². The maximum Gasteiger partial charge on any atom is 0.416 e. The largest absolute Gasteiger partial charge is 0.416 e. The molecule has 0 aliphatic heterocycles. The zero-order valence-corrected chi connectivity index (χ0v) is 15.0. The summed E-state index contributed by atoms with van der Waals surface area (Å²) in [5.74, 6) is -0.348. The second kappa shape index (κ2) is 7.09. The Bertz CT molecular complexity index is 969. The number of hydrogen-bond acceptors (Lipinski definition) is 3. The lowest BCUT2D eigenvalue weighted by atomic mass is 10.1. The first kappa shape index (κ1) is 18.4. The molecule has 0 unspecified atom stereocenters. The molecule has 8 heteroatoms. The molecule has 2 aromatic heterocycles. The number of nitrogens with zero attached hydrogens (tertiary/aromatic N) is 1. The van der Waals surface area contributed by atoms with Crippen molar-refractivity contribution in [2.45, 2.75) is 13.1 Å². The third-order valence-corrected chi connectivity index (χ3v) is 5.10. The standard InChI is InChI=1S/C18H12ClF3N2OS/c1-10-9-23-7-6-14(10)24-17(25)16-5-4-15(26-16)12-8-11(18(20,21)22)2-3-13(12)19/h2-9H,1H3,(H,23,24,25). The average molecular weight is 397 g/mol. The van der Waals surface area contributed by atoms with Crippen LogP contribution >= 0.6 is 22.9 Å². The molecule has 0 saturated heterocycles. The molecule has 0 fully saturated rings. The van der Waals surface area contributed by atoms with E-state index < -0.39 is 11.7 Å². The van der Waals surface area contributed by atoms with Gasteiger partial charge in [0, 0.05) is 33.5 Å². The van der Waals surface area contributed by atoms with Crippen molar-refractivity contribution < 1.29 is 18.0 Å². The van der Waals surface area contributed by atoms with Crippen molar-refractivity contribution in [3.05, 3.63) is 69.8 Å². The second-order valence-corrected chi connectivity index (χ2v) is 6.99. The average Bonchev–Trinajstić information content (AvgIpc) is 3.06. The molecule has 1 amide bonds. The highest BCUT2D eigenvalue weighted by Gasteiger charge is 2.31. The van der Waals surface area contributed by atoms with Gasteiger partial charge in [0.05, 0.1) is 10.4 Å². The van der Waals surface area contributed by atoms with Crippen molar-refractivity contribution in [1.29, 1.82) is 0 Å². The summed E-state index contributed by atoms with van der Waals surface area (Å²) in [5.41, 5.74) is 0.880. The van der Waals surface area contributed by atoms with Crippen LogP contribution in [0, 0.1) is 6.92 Å². The molecule has 0 aliphatic rings. The number of hydrogen-bond donors (Lipinski definition) is 1. The van der Waals surface area contributed by atoms with Gasteiger partial charge in [-0.05, 0) is 48.9 Å². The Hall–Kier alpha value is -2.38. The summed E-state index contributed by atoms with van der Waals surface area (Å²) in [7, 11) is 0. The lowest BCUT2D eigenvalue weighted by Gasteiger charge is -2.09. The Balaban J connectivity index is 1.88. The van der Waals surface area contributed by atoms with Crippen molar-refractivity contribution >= 4 is 34.5 Å². The summed E-state index contributed by atoms with van der Waals surface area (Å²) < 4.78 is 38.8. The van der Waals surface area contributed by atoms with Gasteiger partial charge in [-0.15, -0.1) is 11.3 Å². The minimum atomic E-state index is -4.46. The predicted octanol–water partition coefficient (Wildman–Crippen LogP) is 6.04. The molecule has 0 saturated carbocycles. The highest BCUT2D eigenvalue weighted by atomic mass is 35.5. The quantitative estimate of drug-likeness (QED) is 0.586. The fourth-order valence-electron chi connectivity index (χ4n) is 2.29. The highest BCUT2D eigenvalue weighted by Crippen LogP contribution is 2.38. The number of pyridine rings is 1. The van der Waals surface area contributed by atoms with Crippen LogP contribution in [-0.4, -0.2) is 10.9 Å². The zero-order valence-electron chi connectivity index (χ0n) is 13.4. The van der Waals surface area contributed by atoms with E-state index in [1.54, 1.807) is 30.6 Å². The number of carbonyl (C=O) groups is 1. The van der Waals surface area contributed by atoms with Crippen molar-refractivity contribution in [2.24, 2.45) is 0 Å². The number of aromatic nitrogens is 1. The van der Waals surface area contributed by atoms with Gasteiger partial charge in [0.1, 0.15) is 0 Å². The summed E-state index contributed by atoms with van der Waals surface area (Å²) in [6, 6.07) is 7.94. The Kier molecular flexibility index (Phi) is 5.02. The van der Waals surface area contributed by atoms with Crippen LogP contribution in [0.3, 0.4) is 0 Å². The number of alkyl halides is 3. The Labute approximate surface area is 156 Å². The number of halogens is 4. The summed E-state index contributed by atoms with van der Waals surface area (Å²) in [4.78, 5) is 17.2. The van der Waals surface area contributed by atoms with Crippen molar-refractivity contribution in [3.63, 3.8) is 0 Å². The van der Waals surface area contributed by atoms with Crippen LogP contribution in [0.2, 0.25) is 5.02 Å². The van der Waals surface area contributed by atoms with Gasteiger partial charge in [-0.3, -0.25) is 9.78 Å². The fraction of sp³-hybridized carbons (Fsp3) is 0.111. The van der Waals surface area contributed by atoms with E-state index in [1.807, 2.05) is 6.92 Å². The molecule has 0 atom stereocenters. The van der Waals surface area contributed by atoms with Crippen LogP contribution in [0.4, 0.5) is 18.9 Å². The molecule has 1 N–H and O–H groups in total. The topological polar surface area (TPSA) is 42.0 Å². The van der Waals surface area contributed by atoms with Crippen LogP contribution in [0.5, 0.6) is 0 Å². The van der Waals surface area contributed by atoms with Crippen LogP contribution in [0.1, 0.15) is 20.8 Å². The van der Waals surface area contributed by atoms with E-state index >= 15 is 0 Å². The van der Waals surface area contributed by atoms with E-state index in [0.717, 1.165) is 29.0 Å². The van der Waals surface area contributed by atoms with Crippen LogP contribution in [0.25, 0.3) is 10.4 Å². The molecule has 0 radical (unpaired) electrons.